The summed E-state index contributed by atoms with van der Waals surface area (Å²) in [7, 11) is 0. The number of fused-ring (bicyclic) bond motifs is 1. The number of hydrogen-bond donors (Lipinski definition) is 1. The Balaban J connectivity index is 2.57. The van der Waals surface area contributed by atoms with Gasteiger partial charge in [-0.3, -0.25) is 0 Å². The highest BCUT2D eigenvalue weighted by molar-refractivity contribution is 7.21. The topological polar surface area (TPSA) is 46.5 Å². The quantitative estimate of drug-likeness (QED) is 0.791. The van der Waals surface area contributed by atoms with Crippen molar-refractivity contribution in [1.29, 1.82) is 0 Å². The van der Waals surface area contributed by atoms with Crippen molar-refractivity contribution in [3.8, 4) is 5.06 Å². The number of carboxylic acid groups (broad SMARTS) is 1. The van der Waals surface area contributed by atoms with E-state index in [-0.39, 0.29) is 9.76 Å². The van der Waals surface area contributed by atoms with Gasteiger partial charge in [0.25, 0.3) is 0 Å². The second kappa shape index (κ2) is 3.92. The van der Waals surface area contributed by atoms with Crippen LogP contribution in [0.1, 0.15) is 5.56 Å². The van der Waals surface area contributed by atoms with E-state index < -0.39 is 17.9 Å². The molecule has 0 aliphatic heterocycles. The molecule has 1 heterocycles. The van der Waals surface area contributed by atoms with Crippen LogP contribution in [-0.2, 0) is 6.18 Å². The molecule has 3 nitrogen and oxygen atoms in total. The maximum atomic E-state index is 12.6. The van der Waals surface area contributed by atoms with Crippen LogP contribution < -0.4 is 4.74 Å². The Morgan fingerprint density at radius 2 is 2.06 bits per heavy atom. The van der Waals surface area contributed by atoms with Gasteiger partial charge in [-0.15, -0.1) is 0 Å². The van der Waals surface area contributed by atoms with Crippen molar-refractivity contribution in [3.63, 3.8) is 0 Å². The van der Waals surface area contributed by atoms with Crippen molar-refractivity contribution in [2.45, 2.75) is 6.18 Å². The summed E-state index contributed by atoms with van der Waals surface area (Å²) in [6, 6.07) is 4.95. The number of thiophene rings is 1. The number of benzene rings is 1. The first-order chi connectivity index (χ1) is 7.88. The number of alkyl halides is 3. The second-order valence-electron chi connectivity index (χ2n) is 3.16. The number of halogens is 3. The average molecular weight is 262 g/mol. The zero-order valence-electron chi connectivity index (χ0n) is 8.12. The molecule has 90 valence electrons. The van der Waals surface area contributed by atoms with Crippen LogP contribution in [0.5, 0.6) is 5.06 Å². The van der Waals surface area contributed by atoms with Gasteiger partial charge in [0.2, 0.25) is 0 Å². The molecule has 0 atom stereocenters. The maximum absolute atomic E-state index is 12.6. The van der Waals surface area contributed by atoms with Crippen molar-refractivity contribution < 1.29 is 27.8 Å². The molecule has 0 fully saturated rings. The van der Waals surface area contributed by atoms with Gasteiger partial charge in [-0.2, -0.15) is 13.2 Å². The van der Waals surface area contributed by atoms with E-state index in [1.807, 2.05) is 0 Å². The molecule has 1 aromatic carbocycles. The van der Waals surface area contributed by atoms with Crippen LogP contribution in [0, 0.1) is 0 Å². The maximum Gasteiger partial charge on any atom is 0.512 e. The van der Waals surface area contributed by atoms with E-state index in [0.717, 1.165) is 6.07 Å². The molecular weight excluding hydrogens is 257 g/mol. The van der Waals surface area contributed by atoms with Crippen molar-refractivity contribution in [2.75, 3.05) is 0 Å². The summed E-state index contributed by atoms with van der Waals surface area (Å²) in [4.78, 5) is 10.3. The highest BCUT2D eigenvalue weighted by Crippen LogP contribution is 2.41. The predicted octanol–water partition coefficient (Wildman–Crippen LogP) is 3.98. The molecule has 7 heteroatoms. The number of hydrogen-bond acceptors (Lipinski definition) is 3. The van der Waals surface area contributed by atoms with Gasteiger partial charge >= 0.3 is 12.3 Å². The molecule has 0 aliphatic rings. The minimum absolute atomic E-state index is 0.0312. The highest BCUT2D eigenvalue weighted by atomic mass is 32.1. The van der Waals surface area contributed by atoms with Gasteiger partial charge in [0, 0.05) is 6.07 Å². The largest absolute Gasteiger partial charge is 0.512 e. The van der Waals surface area contributed by atoms with Crippen LogP contribution in [0.2, 0.25) is 0 Å². The lowest BCUT2D eigenvalue weighted by atomic mass is 10.1. The molecule has 17 heavy (non-hydrogen) atoms. The van der Waals surface area contributed by atoms with Crippen molar-refractivity contribution in [2.24, 2.45) is 0 Å². The second-order valence-corrected chi connectivity index (χ2v) is 4.17. The lowest BCUT2D eigenvalue weighted by Gasteiger charge is -2.06. The molecule has 0 bridgehead atoms. The van der Waals surface area contributed by atoms with Gasteiger partial charge < -0.3 is 9.84 Å². The molecule has 2 rings (SSSR count). The van der Waals surface area contributed by atoms with E-state index in [9.17, 15) is 18.0 Å². The minimum Gasteiger partial charge on any atom is -0.449 e. The average Bonchev–Trinajstić information content (AvgIpc) is 2.55. The van der Waals surface area contributed by atoms with Gasteiger partial charge in [0.15, 0.2) is 5.06 Å². The third-order valence-electron chi connectivity index (χ3n) is 2.01. The Kier molecular flexibility index (Phi) is 2.70. The summed E-state index contributed by atoms with van der Waals surface area (Å²) in [5, 5.41) is 8.61. The zero-order valence-corrected chi connectivity index (χ0v) is 8.93. The Bertz CT molecular complexity index is 574. The van der Waals surface area contributed by atoms with Crippen LogP contribution in [0.25, 0.3) is 10.1 Å². The molecule has 0 amide bonds. The van der Waals surface area contributed by atoms with Crippen LogP contribution in [0.15, 0.2) is 24.3 Å². The van der Waals surface area contributed by atoms with Crippen molar-refractivity contribution in [1.82, 2.24) is 0 Å². The van der Waals surface area contributed by atoms with E-state index in [0.29, 0.717) is 16.7 Å². The van der Waals surface area contributed by atoms with Gasteiger partial charge in [-0.05, 0) is 11.5 Å². The lowest BCUT2D eigenvalue weighted by molar-refractivity contribution is -0.136. The van der Waals surface area contributed by atoms with Gasteiger partial charge in [0.1, 0.15) is 0 Å². The predicted molar refractivity (Wildman–Crippen MR) is 55.5 cm³/mol. The molecular formula is C10H5F3O3S. The smallest absolute Gasteiger partial charge is 0.449 e. The first-order valence-corrected chi connectivity index (χ1v) is 5.20. The van der Waals surface area contributed by atoms with Gasteiger partial charge in [0.05, 0.1) is 10.3 Å². The van der Waals surface area contributed by atoms with E-state index >= 15 is 0 Å². The standard InChI is InChI=1S/C10H5F3O3S/c11-10(12,13)6-3-1-2-5-4-7(16-9(14)15)17-8(5)6/h1-4H,(H,14,15). The van der Waals surface area contributed by atoms with Crippen LogP contribution >= 0.6 is 11.3 Å². The molecule has 0 saturated heterocycles. The monoisotopic (exact) mass is 262 g/mol. The van der Waals surface area contributed by atoms with Crippen LogP contribution in [0.4, 0.5) is 18.0 Å². The summed E-state index contributed by atoms with van der Waals surface area (Å²) in [6.45, 7) is 0. The minimum atomic E-state index is -4.47. The molecule has 0 aliphatic carbocycles. The fourth-order valence-electron chi connectivity index (χ4n) is 1.40. The van der Waals surface area contributed by atoms with E-state index in [1.165, 1.54) is 18.2 Å². The first-order valence-electron chi connectivity index (χ1n) is 4.38. The molecule has 0 spiro atoms. The van der Waals surface area contributed by atoms with Crippen LogP contribution in [-0.4, -0.2) is 11.3 Å². The molecule has 0 radical (unpaired) electrons. The third kappa shape index (κ3) is 2.33. The summed E-state index contributed by atoms with van der Waals surface area (Å²) < 4.78 is 42.2. The molecule has 1 N–H and O–H groups in total. The van der Waals surface area contributed by atoms with Gasteiger partial charge in [-0.1, -0.05) is 23.5 Å². The molecule has 0 unspecified atom stereocenters. The zero-order chi connectivity index (χ0) is 12.6. The Labute approximate surface area is 97.0 Å². The number of ether oxygens (including phenoxy) is 1. The van der Waals surface area contributed by atoms with E-state index in [4.69, 9.17) is 5.11 Å². The first kappa shape index (κ1) is 11.7. The fourth-order valence-corrected chi connectivity index (χ4v) is 2.44. The Morgan fingerprint density at radius 3 is 2.65 bits per heavy atom. The SMILES string of the molecule is O=C(O)Oc1cc2cccc(C(F)(F)F)c2s1. The fraction of sp³-hybridized carbons (Fsp3) is 0.100. The van der Waals surface area contributed by atoms with Gasteiger partial charge in [-0.25, -0.2) is 4.79 Å². The van der Waals surface area contributed by atoms with Crippen molar-refractivity contribution >= 4 is 27.6 Å². The summed E-state index contributed by atoms with van der Waals surface area (Å²) >= 11 is 0.656. The summed E-state index contributed by atoms with van der Waals surface area (Å²) in [5.74, 6) is 0. The normalized spacial score (nSPS) is 11.7. The van der Waals surface area contributed by atoms with Crippen LogP contribution in [0.3, 0.4) is 0 Å². The molecule has 2 aromatic rings. The summed E-state index contributed by atoms with van der Waals surface area (Å²) in [6.07, 6.45) is -6.02. The molecule has 1 aromatic heterocycles. The van der Waals surface area contributed by atoms with E-state index in [1.54, 1.807) is 0 Å². The third-order valence-corrected chi connectivity index (χ3v) is 3.08. The highest BCUT2D eigenvalue weighted by Gasteiger charge is 2.33. The Morgan fingerprint density at radius 1 is 1.35 bits per heavy atom. The van der Waals surface area contributed by atoms with E-state index in [2.05, 4.69) is 4.74 Å². The summed E-state index contributed by atoms with van der Waals surface area (Å²) in [5.41, 5.74) is -0.791. The Hall–Kier alpha value is -1.76. The molecule has 0 saturated carbocycles. The lowest BCUT2D eigenvalue weighted by Crippen LogP contribution is -2.04. The number of carbonyl (C=O) groups is 1. The van der Waals surface area contributed by atoms with Crippen molar-refractivity contribution in [3.05, 3.63) is 29.8 Å². The number of rotatable bonds is 1.